The number of benzene rings is 1. The lowest BCUT2D eigenvalue weighted by Crippen LogP contribution is -2.51. The zero-order valence-electron chi connectivity index (χ0n) is 11.8. The molecule has 2 aromatic rings. The Morgan fingerprint density at radius 2 is 1.70 bits per heavy atom. The topological polar surface area (TPSA) is 61.9 Å². The van der Waals surface area contributed by atoms with Gasteiger partial charge in [0.25, 0.3) is 0 Å². The third kappa shape index (κ3) is 3.05. The number of hydrogen-bond donors (Lipinski definition) is 3. The van der Waals surface area contributed by atoms with E-state index in [1.807, 2.05) is 6.07 Å². The van der Waals surface area contributed by atoms with Crippen LogP contribution in [0.2, 0.25) is 0 Å². The van der Waals surface area contributed by atoms with Crippen molar-refractivity contribution in [2.45, 2.75) is 19.9 Å². The summed E-state index contributed by atoms with van der Waals surface area (Å²) in [6, 6.07) is 8.78. The number of hydrogen-bond acceptors (Lipinski definition) is 5. The van der Waals surface area contributed by atoms with Crippen LogP contribution >= 0.6 is 0 Å². The first-order valence-electron chi connectivity index (χ1n) is 6.84. The maximum Gasteiger partial charge on any atom is 0.135 e. The third-order valence-corrected chi connectivity index (χ3v) is 3.29. The van der Waals surface area contributed by atoms with Crippen LogP contribution in [-0.4, -0.2) is 29.1 Å². The van der Waals surface area contributed by atoms with Crippen LogP contribution in [0.4, 0.5) is 17.3 Å². The lowest BCUT2D eigenvalue weighted by molar-refractivity contribution is 0.471. The fourth-order valence-electron chi connectivity index (χ4n) is 2.30. The Morgan fingerprint density at radius 3 is 2.35 bits per heavy atom. The second-order valence-corrected chi connectivity index (χ2v) is 5.29. The molecule has 1 fully saturated rings. The van der Waals surface area contributed by atoms with Crippen LogP contribution < -0.4 is 16.0 Å². The third-order valence-electron chi connectivity index (χ3n) is 3.29. The Kier molecular flexibility index (Phi) is 3.52. The van der Waals surface area contributed by atoms with E-state index < -0.39 is 0 Å². The van der Waals surface area contributed by atoms with Crippen molar-refractivity contribution in [2.75, 3.05) is 23.7 Å². The highest BCUT2D eigenvalue weighted by atomic mass is 15.1. The molecule has 0 bridgehead atoms. The van der Waals surface area contributed by atoms with Gasteiger partial charge in [0.05, 0.1) is 6.04 Å². The number of nitrogens with zero attached hydrogens (tertiary/aromatic N) is 2. The molecule has 20 heavy (non-hydrogen) atoms. The summed E-state index contributed by atoms with van der Waals surface area (Å²) in [5, 5.41) is 9.93. The van der Waals surface area contributed by atoms with Gasteiger partial charge in [-0.05, 0) is 37.1 Å². The van der Waals surface area contributed by atoms with Crippen LogP contribution in [0.3, 0.4) is 0 Å². The first-order chi connectivity index (χ1) is 9.69. The molecular weight excluding hydrogens is 250 g/mol. The summed E-state index contributed by atoms with van der Waals surface area (Å²) >= 11 is 0. The Labute approximate surface area is 118 Å². The van der Waals surface area contributed by atoms with Crippen molar-refractivity contribution in [3.05, 3.63) is 41.7 Å². The average molecular weight is 269 g/mol. The molecule has 3 N–H and O–H groups in total. The van der Waals surface area contributed by atoms with Crippen molar-refractivity contribution < 1.29 is 0 Å². The van der Waals surface area contributed by atoms with Gasteiger partial charge < -0.3 is 16.0 Å². The van der Waals surface area contributed by atoms with E-state index in [2.05, 4.69) is 58.0 Å². The van der Waals surface area contributed by atoms with Gasteiger partial charge in [0.15, 0.2) is 0 Å². The molecule has 5 heteroatoms. The molecule has 0 radical (unpaired) electrons. The molecule has 3 rings (SSSR count). The molecule has 1 aliphatic heterocycles. The van der Waals surface area contributed by atoms with Crippen LogP contribution in [0.25, 0.3) is 0 Å². The number of rotatable bonds is 4. The molecule has 104 valence electrons. The summed E-state index contributed by atoms with van der Waals surface area (Å²) in [4.78, 5) is 8.52. The molecule has 0 spiro atoms. The van der Waals surface area contributed by atoms with E-state index in [1.54, 1.807) is 6.33 Å². The van der Waals surface area contributed by atoms with Crippen LogP contribution in [0, 0.1) is 13.8 Å². The first-order valence-corrected chi connectivity index (χ1v) is 6.84. The predicted octanol–water partition coefficient (Wildman–Crippen LogP) is 2.22. The van der Waals surface area contributed by atoms with Crippen molar-refractivity contribution in [1.29, 1.82) is 0 Å². The highest BCUT2D eigenvalue weighted by Gasteiger charge is 2.16. The first kappa shape index (κ1) is 12.9. The quantitative estimate of drug-likeness (QED) is 0.794. The minimum atomic E-state index is 0.471. The molecule has 0 unspecified atom stereocenters. The summed E-state index contributed by atoms with van der Waals surface area (Å²) in [5.41, 5.74) is 3.53. The van der Waals surface area contributed by atoms with Gasteiger partial charge in [-0.15, -0.1) is 0 Å². The van der Waals surface area contributed by atoms with Gasteiger partial charge in [0.2, 0.25) is 0 Å². The van der Waals surface area contributed by atoms with Crippen LogP contribution in [0.1, 0.15) is 11.1 Å². The summed E-state index contributed by atoms with van der Waals surface area (Å²) < 4.78 is 0. The normalized spacial score (nSPS) is 14.7. The van der Waals surface area contributed by atoms with Gasteiger partial charge in [0, 0.05) is 24.8 Å². The SMILES string of the molecule is Cc1cc(C)cc(Nc2cc(NC3CNC3)ncn2)c1. The molecule has 1 aromatic carbocycles. The molecule has 1 aromatic heterocycles. The van der Waals surface area contributed by atoms with Gasteiger partial charge in [-0.2, -0.15) is 0 Å². The van der Waals surface area contributed by atoms with Crippen LogP contribution in [0.5, 0.6) is 0 Å². The number of aryl methyl sites for hydroxylation is 2. The predicted molar refractivity (Wildman–Crippen MR) is 81.5 cm³/mol. The Balaban J connectivity index is 1.74. The van der Waals surface area contributed by atoms with Crippen molar-refractivity contribution in [3.63, 3.8) is 0 Å². The minimum absolute atomic E-state index is 0.471. The fourth-order valence-corrected chi connectivity index (χ4v) is 2.30. The fraction of sp³-hybridized carbons (Fsp3) is 0.333. The van der Waals surface area contributed by atoms with Crippen molar-refractivity contribution >= 4 is 17.3 Å². The van der Waals surface area contributed by atoms with Gasteiger partial charge in [0.1, 0.15) is 18.0 Å². The molecule has 5 nitrogen and oxygen atoms in total. The second-order valence-electron chi connectivity index (χ2n) is 5.29. The largest absolute Gasteiger partial charge is 0.365 e. The molecule has 1 aliphatic rings. The van der Waals surface area contributed by atoms with E-state index in [0.29, 0.717) is 6.04 Å². The van der Waals surface area contributed by atoms with Gasteiger partial charge in [-0.3, -0.25) is 0 Å². The number of nitrogens with one attached hydrogen (secondary N) is 3. The Hall–Kier alpha value is -2.14. The second kappa shape index (κ2) is 5.46. The number of anilines is 3. The van der Waals surface area contributed by atoms with Crippen molar-refractivity contribution in [3.8, 4) is 0 Å². The van der Waals surface area contributed by atoms with E-state index in [4.69, 9.17) is 0 Å². The zero-order valence-corrected chi connectivity index (χ0v) is 11.8. The molecule has 1 saturated heterocycles. The van der Waals surface area contributed by atoms with E-state index in [0.717, 1.165) is 30.4 Å². The standard InChI is InChI=1S/C15H19N5/c1-10-3-11(2)5-12(4-10)19-14-6-15(18-9-17-14)20-13-7-16-8-13/h3-6,9,13,16H,7-8H2,1-2H3,(H2,17,18,19,20). The van der Waals surface area contributed by atoms with Gasteiger partial charge in [-0.25, -0.2) is 9.97 Å². The summed E-state index contributed by atoms with van der Waals surface area (Å²) in [6.45, 7) is 6.16. The van der Waals surface area contributed by atoms with Crippen molar-refractivity contribution in [1.82, 2.24) is 15.3 Å². The van der Waals surface area contributed by atoms with Gasteiger partial charge >= 0.3 is 0 Å². The van der Waals surface area contributed by atoms with Crippen LogP contribution in [-0.2, 0) is 0 Å². The molecule has 0 saturated carbocycles. The van der Waals surface area contributed by atoms with Crippen molar-refractivity contribution in [2.24, 2.45) is 0 Å². The summed E-state index contributed by atoms with van der Waals surface area (Å²) in [6.07, 6.45) is 1.58. The van der Waals surface area contributed by atoms with E-state index in [9.17, 15) is 0 Å². The Morgan fingerprint density at radius 1 is 1.00 bits per heavy atom. The average Bonchev–Trinajstić information content (AvgIpc) is 2.33. The molecule has 0 atom stereocenters. The lowest BCUT2D eigenvalue weighted by atomic mass is 10.1. The maximum atomic E-state index is 4.27. The lowest BCUT2D eigenvalue weighted by Gasteiger charge is -2.28. The zero-order chi connectivity index (χ0) is 13.9. The highest BCUT2D eigenvalue weighted by molar-refractivity contribution is 5.60. The summed E-state index contributed by atoms with van der Waals surface area (Å²) in [7, 11) is 0. The monoisotopic (exact) mass is 269 g/mol. The molecule has 0 amide bonds. The van der Waals surface area contributed by atoms with E-state index in [-0.39, 0.29) is 0 Å². The molecule has 2 heterocycles. The molecular formula is C15H19N5. The van der Waals surface area contributed by atoms with Gasteiger partial charge in [-0.1, -0.05) is 6.07 Å². The molecule has 0 aliphatic carbocycles. The minimum Gasteiger partial charge on any atom is -0.365 e. The van der Waals surface area contributed by atoms with E-state index in [1.165, 1.54) is 11.1 Å². The van der Waals surface area contributed by atoms with E-state index >= 15 is 0 Å². The highest BCUT2D eigenvalue weighted by Crippen LogP contribution is 2.19. The number of aromatic nitrogens is 2. The smallest absolute Gasteiger partial charge is 0.135 e. The summed E-state index contributed by atoms with van der Waals surface area (Å²) in [5.74, 6) is 1.66. The Bertz CT molecular complexity index is 587. The van der Waals surface area contributed by atoms with Crippen LogP contribution in [0.15, 0.2) is 30.6 Å². The maximum absolute atomic E-state index is 4.27.